The van der Waals surface area contributed by atoms with Gasteiger partial charge in [0.1, 0.15) is 23.7 Å². The third-order valence-electron chi connectivity index (χ3n) is 5.86. The van der Waals surface area contributed by atoms with Crippen LogP contribution in [0.2, 0.25) is 0 Å². The van der Waals surface area contributed by atoms with E-state index < -0.39 is 22.1 Å². The summed E-state index contributed by atoms with van der Waals surface area (Å²) in [6.07, 6.45) is 0. The Balaban J connectivity index is 1.48. The van der Waals surface area contributed by atoms with Crippen LogP contribution in [0.3, 0.4) is 0 Å². The Bertz CT molecular complexity index is 1530. The molecule has 1 aliphatic heterocycles. The predicted octanol–water partition coefficient (Wildman–Crippen LogP) is 2.91. The zero-order valence-electron chi connectivity index (χ0n) is 18.6. The molecule has 4 aromatic rings. The van der Waals surface area contributed by atoms with Crippen molar-refractivity contribution < 1.29 is 13.2 Å². The van der Waals surface area contributed by atoms with E-state index in [9.17, 15) is 13.2 Å². The van der Waals surface area contributed by atoms with Crippen molar-refractivity contribution in [1.82, 2.24) is 19.6 Å². The second-order valence-electron chi connectivity index (χ2n) is 8.13. The van der Waals surface area contributed by atoms with Crippen LogP contribution in [-0.2, 0) is 21.9 Å². The highest BCUT2D eigenvalue weighted by Crippen LogP contribution is 2.26. The van der Waals surface area contributed by atoms with Gasteiger partial charge in [0.05, 0.1) is 15.9 Å². The zero-order valence-corrected chi connectivity index (χ0v) is 19.5. The zero-order chi connectivity index (χ0) is 23.9. The van der Waals surface area contributed by atoms with Gasteiger partial charge in [-0.15, -0.1) is 0 Å². The topological polar surface area (TPSA) is 105 Å². The van der Waals surface area contributed by atoms with Gasteiger partial charge in [0.15, 0.2) is 0 Å². The van der Waals surface area contributed by atoms with Gasteiger partial charge in [-0.1, -0.05) is 54.6 Å². The van der Waals surface area contributed by atoms with Gasteiger partial charge in [0, 0.05) is 12.6 Å². The molecule has 2 N–H and O–H groups in total. The molecule has 0 fully saturated rings. The van der Waals surface area contributed by atoms with E-state index in [-0.39, 0.29) is 16.6 Å². The lowest BCUT2D eigenvalue weighted by Crippen LogP contribution is -2.37. The molecular formula is C25H23N5O3S. The monoisotopic (exact) mass is 473 g/mol. The second kappa shape index (κ2) is 8.42. The van der Waals surface area contributed by atoms with Crippen LogP contribution < -0.4 is 10.0 Å². The maximum atomic E-state index is 13.3. The predicted molar refractivity (Wildman–Crippen MR) is 130 cm³/mol. The Morgan fingerprint density at radius 2 is 1.68 bits per heavy atom. The molecule has 0 saturated heterocycles. The first-order chi connectivity index (χ1) is 16.3. The van der Waals surface area contributed by atoms with Crippen LogP contribution in [-0.4, -0.2) is 35.8 Å². The van der Waals surface area contributed by atoms with Gasteiger partial charge in [-0.25, -0.2) is 13.4 Å². The molecule has 1 aliphatic rings. The Morgan fingerprint density at radius 3 is 2.44 bits per heavy atom. The van der Waals surface area contributed by atoms with Crippen molar-refractivity contribution in [3.05, 3.63) is 95.8 Å². The van der Waals surface area contributed by atoms with Crippen molar-refractivity contribution in [3.8, 4) is 0 Å². The number of fused-ring (bicyclic) bond motifs is 2. The van der Waals surface area contributed by atoms with Crippen LogP contribution in [0, 0.1) is 0 Å². The van der Waals surface area contributed by atoms with Gasteiger partial charge in [-0.05, 0) is 36.8 Å². The number of para-hydroxylation sites is 2. The van der Waals surface area contributed by atoms with E-state index in [4.69, 9.17) is 4.98 Å². The fourth-order valence-corrected chi connectivity index (χ4v) is 5.35. The first kappa shape index (κ1) is 21.8. The van der Waals surface area contributed by atoms with Crippen LogP contribution in [0.15, 0.2) is 88.8 Å². The SMILES string of the molecule is C[C@H](N=C1NS(=O)(=O)c2ccccc21)C(=O)NC(c1ccccc1)c1nc2ccccc2n1C. The molecule has 34 heavy (non-hydrogen) atoms. The number of rotatable bonds is 5. The highest BCUT2D eigenvalue weighted by atomic mass is 32.2. The summed E-state index contributed by atoms with van der Waals surface area (Å²) in [6.45, 7) is 1.63. The number of nitrogens with zero attached hydrogens (tertiary/aromatic N) is 3. The molecule has 5 rings (SSSR count). The summed E-state index contributed by atoms with van der Waals surface area (Å²) in [6, 6.07) is 22.6. The van der Waals surface area contributed by atoms with E-state index in [1.165, 1.54) is 6.07 Å². The molecule has 0 saturated carbocycles. The van der Waals surface area contributed by atoms with Gasteiger partial charge < -0.3 is 9.88 Å². The van der Waals surface area contributed by atoms with Gasteiger partial charge in [0.25, 0.3) is 10.0 Å². The van der Waals surface area contributed by atoms with Crippen molar-refractivity contribution in [1.29, 1.82) is 0 Å². The summed E-state index contributed by atoms with van der Waals surface area (Å²) < 4.78 is 29.2. The molecule has 0 bridgehead atoms. The number of aromatic nitrogens is 2. The van der Waals surface area contributed by atoms with Crippen molar-refractivity contribution in [2.24, 2.45) is 12.0 Å². The summed E-state index contributed by atoms with van der Waals surface area (Å²) in [5.74, 6) is 0.502. The summed E-state index contributed by atoms with van der Waals surface area (Å²) in [5, 5.41) is 3.06. The van der Waals surface area contributed by atoms with Gasteiger partial charge >= 0.3 is 0 Å². The van der Waals surface area contributed by atoms with Gasteiger partial charge in [-0.2, -0.15) is 0 Å². The summed E-state index contributed by atoms with van der Waals surface area (Å²) in [5.41, 5.74) is 3.12. The lowest BCUT2D eigenvalue weighted by molar-refractivity contribution is -0.122. The Morgan fingerprint density at radius 1 is 1.00 bits per heavy atom. The van der Waals surface area contributed by atoms with Gasteiger partial charge in [0.2, 0.25) is 5.91 Å². The van der Waals surface area contributed by atoms with Crippen LogP contribution in [0.5, 0.6) is 0 Å². The highest BCUT2D eigenvalue weighted by molar-refractivity contribution is 7.90. The number of hydrogen-bond acceptors (Lipinski definition) is 5. The molecule has 0 radical (unpaired) electrons. The number of imidazole rings is 1. The molecule has 1 amide bonds. The standard InChI is InChI=1S/C25H23N5O3S/c1-16(26-23-18-12-6-9-15-21(18)34(32,33)29-23)25(31)28-22(17-10-4-3-5-11-17)24-27-19-13-7-8-14-20(19)30(24)2/h3-16,22H,1-2H3,(H,26,29)(H,28,31)/t16-,22?/m0/s1. The van der Waals surface area contributed by atoms with Crippen molar-refractivity contribution in [3.63, 3.8) is 0 Å². The van der Waals surface area contributed by atoms with Crippen LogP contribution in [0.4, 0.5) is 0 Å². The molecule has 1 aromatic heterocycles. The number of nitrogens with one attached hydrogen (secondary N) is 2. The van der Waals surface area contributed by atoms with Crippen molar-refractivity contribution in [2.75, 3.05) is 0 Å². The Labute approximate surface area is 197 Å². The summed E-state index contributed by atoms with van der Waals surface area (Å²) in [4.78, 5) is 22.6. The van der Waals surface area contributed by atoms with Crippen LogP contribution in [0.25, 0.3) is 11.0 Å². The van der Waals surface area contributed by atoms with E-state index in [1.807, 2.05) is 66.2 Å². The highest BCUT2D eigenvalue weighted by Gasteiger charge is 2.32. The lowest BCUT2D eigenvalue weighted by Gasteiger charge is -2.20. The minimum Gasteiger partial charge on any atom is -0.340 e. The van der Waals surface area contributed by atoms with Crippen LogP contribution >= 0.6 is 0 Å². The van der Waals surface area contributed by atoms with E-state index in [1.54, 1.807) is 25.1 Å². The van der Waals surface area contributed by atoms with Crippen molar-refractivity contribution in [2.45, 2.75) is 23.9 Å². The number of aliphatic imine (C=N–C) groups is 1. The Hall–Kier alpha value is -3.98. The van der Waals surface area contributed by atoms with E-state index in [0.29, 0.717) is 11.4 Å². The second-order valence-corrected chi connectivity index (χ2v) is 9.78. The van der Waals surface area contributed by atoms with E-state index in [2.05, 4.69) is 15.0 Å². The number of aryl methyl sites for hydroxylation is 1. The number of amides is 1. The Kier molecular flexibility index (Phi) is 5.41. The average Bonchev–Trinajstić information content (AvgIpc) is 3.31. The minimum atomic E-state index is -3.68. The van der Waals surface area contributed by atoms with Crippen molar-refractivity contribution >= 4 is 32.8 Å². The molecule has 3 aromatic carbocycles. The lowest BCUT2D eigenvalue weighted by atomic mass is 10.1. The molecule has 8 nitrogen and oxygen atoms in total. The summed E-state index contributed by atoms with van der Waals surface area (Å²) in [7, 11) is -1.76. The van der Waals surface area contributed by atoms with Gasteiger partial charge in [-0.3, -0.25) is 14.5 Å². The number of benzene rings is 3. The third kappa shape index (κ3) is 3.84. The molecule has 1 unspecified atom stereocenters. The molecule has 0 spiro atoms. The first-order valence-corrected chi connectivity index (χ1v) is 12.3. The average molecular weight is 474 g/mol. The maximum absolute atomic E-state index is 13.3. The largest absolute Gasteiger partial charge is 0.340 e. The molecular weight excluding hydrogens is 450 g/mol. The minimum absolute atomic E-state index is 0.156. The first-order valence-electron chi connectivity index (χ1n) is 10.8. The quantitative estimate of drug-likeness (QED) is 0.465. The molecule has 2 heterocycles. The maximum Gasteiger partial charge on any atom is 0.263 e. The fraction of sp³-hybridized carbons (Fsp3) is 0.160. The number of amidine groups is 1. The fourth-order valence-electron chi connectivity index (χ4n) is 4.11. The van der Waals surface area contributed by atoms with E-state index in [0.717, 1.165) is 16.6 Å². The number of sulfonamides is 1. The van der Waals surface area contributed by atoms with Crippen LogP contribution in [0.1, 0.15) is 29.9 Å². The smallest absolute Gasteiger partial charge is 0.263 e. The molecule has 0 aliphatic carbocycles. The molecule has 9 heteroatoms. The molecule has 2 atom stereocenters. The van der Waals surface area contributed by atoms with E-state index >= 15 is 0 Å². The number of carbonyl (C=O) groups is 1. The molecule has 172 valence electrons. The summed E-state index contributed by atoms with van der Waals surface area (Å²) >= 11 is 0. The third-order valence-corrected chi connectivity index (χ3v) is 7.26. The normalized spacial score (nSPS) is 17.2. The number of hydrogen-bond donors (Lipinski definition) is 2. The number of carbonyl (C=O) groups excluding carboxylic acids is 1.